The van der Waals surface area contributed by atoms with E-state index in [0.717, 1.165) is 33.1 Å². The van der Waals surface area contributed by atoms with E-state index in [1.807, 2.05) is 32.0 Å². The summed E-state index contributed by atoms with van der Waals surface area (Å²) in [5.41, 5.74) is 3.61. The summed E-state index contributed by atoms with van der Waals surface area (Å²) in [6.07, 6.45) is 0. The summed E-state index contributed by atoms with van der Waals surface area (Å²) >= 11 is 1.42. The zero-order valence-electron chi connectivity index (χ0n) is 9.98. The smallest absolute Gasteiger partial charge is 0.132 e. The van der Waals surface area contributed by atoms with E-state index in [-0.39, 0.29) is 0 Å². The van der Waals surface area contributed by atoms with Gasteiger partial charge in [0.25, 0.3) is 0 Å². The molecule has 0 fully saturated rings. The molecule has 88 valence electrons. The molecule has 0 radical (unpaired) electrons. The number of hydrogen-bond acceptors (Lipinski definition) is 4. The Morgan fingerprint density at radius 1 is 1.28 bits per heavy atom. The molecule has 2 aromatic heterocycles. The lowest BCUT2D eigenvalue weighted by Gasteiger charge is -1.97. The fourth-order valence-corrected chi connectivity index (χ4v) is 2.72. The van der Waals surface area contributed by atoms with Crippen molar-refractivity contribution in [1.29, 1.82) is 5.26 Å². The number of aromatic nitrogens is 3. The number of nitrogens with zero attached hydrogens (tertiary/aromatic N) is 3. The van der Waals surface area contributed by atoms with Crippen LogP contribution in [0.4, 0.5) is 0 Å². The molecule has 5 heteroatoms. The first-order valence-electron chi connectivity index (χ1n) is 5.51. The van der Waals surface area contributed by atoms with E-state index in [1.54, 1.807) is 0 Å². The summed E-state index contributed by atoms with van der Waals surface area (Å²) in [6, 6.07) is 8.09. The lowest BCUT2D eigenvalue weighted by molar-refractivity contribution is 1.17. The number of benzene rings is 1. The van der Waals surface area contributed by atoms with Crippen molar-refractivity contribution in [1.82, 2.24) is 15.0 Å². The van der Waals surface area contributed by atoms with Gasteiger partial charge in [0.15, 0.2) is 0 Å². The number of imidazole rings is 1. The molecule has 0 saturated heterocycles. The average molecular weight is 254 g/mol. The Labute approximate surface area is 108 Å². The van der Waals surface area contributed by atoms with Crippen LogP contribution in [0.5, 0.6) is 0 Å². The van der Waals surface area contributed by atoms with Crippen LogP contribution in [0, 0.1) is 25.2 Å². The quantitative estimate of drug-likeness (QED) is 0.725. The Balaban J connectivity index is 2.22. The van der Waals surface area contributed by atoms with E-state index in [9.17, 15) is 0 Å². The fraction of sp³-hybridized carbons (Fsp3) is 0.154. The SMILES string of the molecule is Cc1nc2ccc(-c3nc(C)sc3C#N)cc2[nH]1. The maximum Gasteiger partial charge on any atom is 0.132 e. The molecular formula is C13H10N4S. The van der Waals surface area contributed by atoms with E-state index in [1.165, 1.54) is 11.3 Å². The minimum absolute atomic E-state index is 0.656. The number of nitrogens with one attached hydrogen (secondary N) is 1. The molecule has 3 rings (SSSR count). The van der Waals surface area contributed by atoms with Crippen LogP contribution in [-0.4, -0.2) is 15.0 Å². The maximum absolute atomic E-state index is 9.11. The Hall–Kier alpha value is -2.19. The average Bonchev–Trinajstić information content (AvgIpc) is 2.89. The first kappa shape index (κ1) is 10.9. The molecule has 4 nitrogen and oxygen atoms in total. The van der Waals surface area contributed by atoms with Crippen LogP contribution in [0.1, 0.15) is 15.7 Å². The molecule has 0 spiro atoms. The van der Waals surface area contributed by atoms with Crippen molar-refractivity contribution in [3.05, 3.63) is 33.9 Å². The van der Waals surface area contributed by atoms with Gasteiger partial charge in [-0.1, -0.05) is 6.07 Å². The number of hydrogen-bond donors (Lipinski definition) is 1. The van der Waals surface area contributed by atoms with Gasteiger partial charge >= 0.3 is 0 Å². The Bertz CT molecular complexity index is 776. The van der Waals surface area contributed by atoms with Gasteiger partial charge in [-0.15, -0.1) is 11.3 Å². The molecule has 0 unspecified atom stereocenters. The lowest BCUT2D eigenvalue weighted by atomic mass is 10.1. The van der Waals surface area contributed by atoms with Crippen LogP contribution in [0.3, 0.4) is 0 Å². The molecule has 18 heavy (non-hydrogen) atoms. The van der Waals surface area contributed by atoms with Crippen molar-refractivity contribution >= 4 is 22.4 Å². The number of nitriles is 1. The molecular weight excluding hydrogens is 244 g/mol. The van der Waals surface area contributed by atoms with Gasteiger partial charge in [0.05, 0.1) is 21.7 Å². The number of fused-ring (bicyclic) bond motifs is 1. The van der Waals surface area contributed by atoms with Gasteiger partial charge in [-0.3, -0.25) is 0 Å². The standard InChI is InChI=1S/C13H10N4S/c1-7-15-10-4-3-9(5-11(10)16-7)13-12(6-14)18-8(2)17-13/h3-5H,1-2H3,(H,15,16). The van der Waals surface area contributed by atoms with E-state index < -0.39 is 0 Å². The second-order valence-corrected chi connectivity index (χ2v) is 5.28. The molecule has 1 N–H and O–H groups in total. The number of rotatable bonds is 1. The topological polar surface area (TPSA) is 65.4 Å². The third-order valence-electron chi connectivity index (χ3n) is 2.71. The summed E-state index contributed by atoms with van der Waals surface area (Å²) in [4.78, 5) is 12.6. The first-order valence-corrected chi connectivity index (χ1v) is 6.33. The molecule has 0 atom stereocenters. The molecule has 0 aliphatic rings. The molecule has 3 aromatic rings. The van der Waals surface area contributed by atoms with E-state index in [0.29, 0.717) is 4.88 Å². The Morgan fingerprint density at radius 3 is 2.89 bits per heavy atom. The predicted octanol–water partition coefficient (Wildman–Crippen LogP) is 3.17. The highest BCUT2D eigenvalue weighted by Gasteiger charge is 2.12. The van der Waals surface area contributed by atoms with Gasteiger partial charge in [0.1, 0.15) is 16.8 Å². The van der Waals surface area contributed by atoms with Crippen LogP contribution in [0.2, 0.25) is 0 Å². The third kappa shape index (κ3) is 1.67. The highest BCUT2D eigenvalue weighted by Crippen LogP contribution is 2.29. The summed E-state index contributed by atoms with van der Waals surface area (Å²) in [7, 11) is 0. The molecule has 0 amide bonds. The molecule has 1 aromatic carbocycles. The van der Waals surface area contributed by atoms with Crippen LogP contribution < -0.4 is 0 Å². The molecule has 0 aliphatic carbocycles. The monoisotopic (exact) mass is 254 g/mol. The van der Waals surface area contributed by atoms with E-state index in [2.05, 4.69) is 21.0 Å². The highest BCUT2D eigenvalue weighted by atomic mass is 32.1. The Morgan fingerprint density at radius 2 is 2.11 bits per heavy atom. The van der Waals surface area contributed by atoms with Crippen molar-refractivity contribution in [3.63, 3.8) is 0 Å². The minimum Gasteiger partial charge on any atom is -0.342 e. The van der Waals surface area contributed by atoms with E-state index in [4.69, 9.17) is 5.26 Å². The molecule has 0 saturated carbocycles. The number of aromatic amines is 1. The largest absolute Gasteiger partial charge is 0.342 e. The van der Waals surface area contributed by atoms with Crippen molar-refractivity contribution in [3.8, 4) is 17.3 Å². The predicted molar refractivity (Wildman–Crippen MR) is 71.4 cm³/mol. The van der Waals surface area contributed by atoms with Gasteiger partial charge < -0.3 is 4.98 Å². The van der Waals surface area contributed by atoms with Crippen molar-refractivity contribution in [2.24, 2.45) is 0 Å². The minimum atomic E-state index is 0.656. The highest BCUT2D eigenvalue weighted by molar-refractivity contribution is 7.12. The second kappa shape index (κ2) is 3.93. The maximum atomic E-state index is 9.11. The van der Waals surface area contributed by atoms with Gasteiger partial charge in [-0.2, -0.15) is 5.26 Å². The zero-order chi connectivity index (χ0) is 12.7. The third-order valence-corrected chi connectivity index (χ3v) is 3.58. The van der Waals surface area contributed by atoms with Crippen LogP contribution >= 0.6 is 11.3 Å². The number of aryl methyl sites for hydroxylation is 2. The van der Waals surface area contributed by atoms with Crippen LogP contribution in [0.25, 0.3) is 22.3 Å². The fourth-order valence-electron chi connectivity index (χ4n) is 1.98. The van der Waals surface area contributed by atoms with Gasteiger partial charge in [-0.05, 0) is 26.0 Å². The lowest BCUT2D eigenvalue weighted by Crippen LogP contribution is -1.82. The normalized spacial score (nSPS) is 10.7. The summed E-state index contributed by atoms with van der Waals surface area (Å²) in [6.45, 7) is 3.83. The summed E-state index contributed by atoms with van der Waals surface area (Å²) in [5.74, 6) is 0.886. The second-order valence-electron chi connectivity index (χ2n) is 4.08. The van der Waals surface area contributed by atoms with Crippen molar-refractivity contribution in [2.45, 2.75) is 13.8 Å². The van der Waals surface area contributed by atoms with Gasteiger partial charge in [0, 0.05) is 5.56 Å². The zero-order valence-corrected chi connectivity index (χ0v) is 10.8. The Kier molecular flexibility index (Phi) is 2.39. The van der Waals surface area contributed by atoms with Crippen LogP contribution in [0.15, 0.2) is 18.2 Å². The van der Waals surface area contributed by atoms with E-state index >= 15 is 0 Å². The van der Waals surface area contributed by atoms with Crippen molar-refractivity contribution in [2.75, 3.05) is 0 Å². The van der Waals surface area contributed by atoms with Gasteiger partial charge in [0.2, 0.25) is 0 Å². The summed E-state index contributed by atoms with van der Waals surface area (Å²) < 4.78 is 0. The van der Waals surface area contributed by atoms with Crippen LogP contribution in [-0.2, 0) is 0 Å². The molecule has 2 heterocycles. The van der Waals surface area contributed by atoms with Crippen molar-refractivity contribution < 1.29 is 0 Å². The van der Waals surface area contributed by atoms with Gasteiger partial charge in [-0.25, -0.2) is 9.97 Å². The molecule has 0 bridgehead atoms. The summed E-state index contributed by atoms with van der Waals surface area (Å²) in [5, 5.41) is 10.0. The number of thiazole rings is 1. The molecule has 0 aliphatic heterocycles. The first-order chi connectivity index (χ1) is 8.67. The number of H-pyrrole nitrogens is 1.